The number of primary amides is 1. The summed E-state index contributed by atoms with van der Waals surface area (Å²) in [5.74, 6) is -7.12. The summed E-state index contributed by atoms with van der Waals surface area (Å²) < 4.78 is 0. The molecule has 3 aliphatic rings. The first-order valence-electron chi connectivity index (χ1n) is 12.4. The fourth-order valence-corrected chi connectivity index (χ4v) is 6.43. The smallest absolute Gasteiger partial charge is 0.255 e. The number of aliphatic hydroxyl groups is 3. The van der Waals surface area contributed by atoms with Gasteiger partial charge in [0, 0.05) is 17.1 Å². The number of carbonyl (C=O) groups is 4. The maximum Gasteiger partial charge on any atom is 0.255 e. The van der Waals surface area contributed by atoms with E-state index in [4.69, 9.17) is 5.73 Å². The van der Waals surface area contributed by atoms with Crippen LogP contribution in [0.15, 0.2) is 59.1 Å². The van der Waals surface area contributed by atoms with Crippen LogP contribution in [0, 0.1) is 11.8 Å². The number of ketones is 3. The molecule has 0 saturated heterocycles. The summed E-state index contributed by atoms with van der Waals surface area (Å²) in [4.78, 5) is 52.8. The minimum atomic E-state index is -2.69. The third-order valence-electron chi connectivity index (χ3n) is 8.19. The van der Waals surface area contributed by atoms with Crippen molar-refractivity contribution in [3.63, 3.8) is 0 Å². The lowest BCUT2D eigenvalue weighted by atomic mass is 9.58. The van der Waals surface area contributed by atoms with Crippen molar-refractivity contribution in [3.05, 3.63) is 75.8 Å². The lowest BCUT2D eigenvalue weighted by Crippen LogP contribution is -2.63. The molecule has 0 heterocycles. The van der Waals surface area contributed by atoms with Gasteiger partial charge in [-0.05, 0) is 68.6 Å². The second kappa shape index (κ2) is 8.89. The number of rotatable bonds is 4. The van der Waals surface area contributed by atoms with Crippen LogP contribution in [0.1, 0.15) is 39.6 Å². The van der Waals surface area contributed by atoms with Gasteiger partial charge in [0.1, 0.15) is 22.8 Å². The van der Waals surface area contributed by atoms with Gasteiger partial charge in [-0.2, -0.15) is 0 Å². The van der Waals surface area contributed by atoms with Crippen molar-refractivity contribution in [3.8, 4) is 16.9 Å². The number of benzene rings is 2. The average Bonchev–Trinajstić information content (AvgIpc) is 2.86. The molecule has 0 radical (unpaired) electrons. The van der Waals surface area contributed by atoms with E-state index in [1.165, 1.54) is 17.9 Å². The van der Waals surface area contributed by atoms with Crippen molar-refractivity contribution in [2.45, 2.75) is 31.4 Å². The number of aliphatic hydroxyl groups excluding tert-OH is 2. The molecule has 0 spiro atoms. The molecule has 2 aromatic carbocycles. The summed E-state index contributed by atoms with van der Waals surface area (Å²) >= 11 is 0. The van der Waals surface area contributed by atoms with E-state index in [2.05, 4.69) is 0 Å². The number of phenolic OH excluding ortho intramolecular Hbond substituents is 1. The monoisotopic (exact) mass is 532 g/mol. The lowest BCUT2D eigenvalue weighted by molar-refractivity contribution is -0.148. The van der Waals surface area contributed by atoms with Crippen LogP contribution in [0.25, 0.3) is 11.1 Å². The van der Waals surface area contributed by atoms with Crippen LogP contribution in [-0.4, -0.2) is 74.3 Å². The van der Waals surface area contributed by atoms with Gasteiger partial charge in [0.2, 0.25) is 5.78 Å². The number of likely N-dealkylation sites (N-methyl/N-ethyl adjacent to an activating group) is 1. The summed E-state index contributed by atoms with van der Waals surface area (Å²) in [6, 6.07) is 8.78. The third kappa shape index (κ3) is 3.63. The molecule has 0 aliphatic heterocycles. The van der Waals surface area contributed by atoms with E-state index in [9.17, 15) is 39.6 Å². The highest BCUT2D eigenvalue weighted by molar-refractivity contribution is 6.25. The van der Waals surface area contributed by atoms with Gasteiger partial charge < -0.3 is 26.2 Å². The fourth-order valence-electron chi connectivity index (χ4n) is 6.43. The molecule has 5 rings (SSSR count). The standard InChI is InChI=1S/C29H28N2O8/c1-12(32)13-5-4-6-14(9-13)16-7-8-19(33)21-17(16)10-15-11-18-23(31(2)3)25(35)22(28(30)38)27(37)29(18,39)26(36)20(15)24(21)34/h4-9,15,18,23,33,35-36,39H,10-11H2,1-3H3,(H2,30,38)/t15-,18-,23-,29-/m0/s1. The molecule has 0 aromatic heterocycles. The van der Waals surface area contributed by atoms with Crippen molar-refractivity contribution in [2.75, 3.05) is 14.1 Å². The van der Waals surface area contributed by atoms with Gasteiger partial charge in [0.25, 0.3) is 5.91 Å². The molecule has 10 nitrogen and oxygen atoms in total. The SMILES string of the molecule is CC(=O)c1cccc(-c2ccc(O)c3c2C[C@H]2C[C@H]4[C@H](N(C)C)C(O)=C(C(N)=O)C(=O)[C@@]4(O)C(O)=C2C3=O)c1. The second-order valence-electron chi connectivity index (χ2n) is 10.6. The van der Waals surface area contributed by atoms with Gasteiger partial charge in [0.15, 0.2) is 17.2 Å². The summed E-state index contributed by atoms with van der Waals surface area (Å²) in [5, 5.41) is 44.6. The minimum Gasteiger partial charge on any atom is -0.510 e. The number of phenols is 1. The molecule has 39 heavy (non-hydrogen) atoms. The Labute approximate surface area is 223 Å². The van der Waals surface area contributed by atoms with Crippen LogP contribution < -0.4 is 5.73 Å². The van der Waals surface area contributed by atoms with E-state index in [-0.39, 0.29) is 35.5 Å². The molecular formula is C29H28N2O8. The molecule has 2 aromatic rings. The van der Waals surface area contributed by atoms with Crippen LogP contribution in [0.4, 0.5) is 0 Å². The molecule has 3 aliphatic carbocycles. The molecule has 4 atom stereocenters. The van der Waals surface area contributed by atoms with Gasteiger partial charge in [0.05, 0.1) is 11.6 Å². The molecule has 0 fully saturated rings. The quantitative estimate of drug-likeness (QED) is 0.291. The van der Waals surface area contributed by atoms with Crippen molar-refractivity contribution >= 4 is 23.3 Å². The van der Waals surface area contributed by atoms with Gasteiger partial charge in [-0.15, -0.1) is 0 Å². The summed E-state index contributed by atoms with van der Waals surface area (Å²) in [6.07, 6.45) is 0.150. The predicted molar refractivity (Wildman–Crippen MR) is 139 cm³/mol. The van der Waals surface area contributed by atoms with Crippen molar-refractivity contribution < 1.29 is 39.6 Å². The summed E-state index contributed by atoms with van der Waals surface area (Å²) in [7, 11) is 3.15. The van der Waals surface area contributed by atoms with Gasteiger partial charge in [-0.1, -0.05) is 24.3 Å². The highest BCUT2D eigenvalue weighted by Crippen LogP contribution is 2.53. The Balaban J connectivity index is 1.72. The molecule has 202 valence electrons. The molecule has 0 saturated carbocycles. The van der Waals surface area contributed by atoms with E-state index in [0.29, 0.717) is 22.3 Å². The number of Topliss-reactive ketones (excluding diaryl/α,β-unsaturated/α-hetero) is 3. The largest absolute Gasteiger partial charge is 0.510 e. The topological polar surface area (TPSA) is 178 Å². The lowest BCUT2D eigenvalue weighted by Gasteiger charge is -2.50. The van der Waals surface area contributed by atoms with Crippen LogP contribution in [0.2, 0.25) is 0 Å². The molecule has 1 amide bonds. The van der Waals surface area contributed by atoms with E-state index < -0.39 is 58.0 Å². The van der Waals surface area contributed by atoms with E-state index in [1.54, 1.807) is 44.4 Å². The Kier molecular flexibility index (Phi) is 6.00. The Hall–Kier alpha value is -4.28. The molecule has 0 bridgehead atoms. The van der Waals surface area contributed by atoms with Crippen molar-refractivity contribution in [1.29, 1.82) is 0 Å². The van der Waals surface area contributed by atoms with E-state index in [0.717, 1.165) is 0 Å². The zero-order chi connectivity index (χ0) is 28.5. The number of fused-ring (bicyclic) bond motifs is 3. The predicted octanol–water partition coefficient (Wildman–Crippen LogP) is 1.99. The minimum absolute atomic E-state index is 0.00561. The Morgan fingerprint density at radius 3 is 2.38 bits per heavy atom. The zero-order valence-corrected chi connectivity index (χ0v) is 21.6. The van der Waals surface area contributed by atoms with Gasteiger partial charge in [-0.25, -0.2) is 0 Å². The van der Waals surface area contributed by atoms with Crippen LogP contribution in [-0.2, 0) is 16.0 Å². The summed E-state index contributed by atoms with van der Waals surface area (Å²) in [5.41, 5.74) is 3.75. The van der Waals surface area contributed by atoms with Gasteiger partial charge >= 0.3 is 0 Å². The molecule has 0 unspecified atom stereocenters. The number of amides is 1. The van der Waals surface area contributed by atoms with Crippen LogP contribution in [0.3, 0.4) is 0 Å². The Morgan fingerprint density at radius 2 is 1.77 bits per heavy atom. The van der Waals surface area contributed by atoms with Gasteiger partial charge in [-0.3, -0.25) is 24.1 Å². The number of nitrogens with two attached hydrogens (primary N) is 1. The number of nitrogens with zero attached hydrogens (tertiary/aromatic N) is 1. The number of allylic oxidation sites excluding steroid dienone is 1. The zero-order valence-electron chi connectivity index (χ0n) is 21.6. The van der Waals surface area contributed by atoms with Crippen molar-refractivity contribution in [1.82, 2.24) is 4.90 Å². The number of hydrogen-bond acceptors (Lipinski definition) is 9. The molecule has 10 heteroatoms. The molecular weight excluding hydrogens is 504 g/mol. The van der Waals surface area contributed by atoms with Crippen LogP contribution in [0.5, 0.6) is 5.75 Å². The maximum absolute atomic E-state index is 13.8. The Morgan fingerprint density at radius 1 is 1.08 bits per heavy atom. The second-order valence-corrected chi connectivity index (χ2v) is 10.6. The maximum atomic E-state index is 13.8. The molecule has 6 N–H and O–H groups in total. The first kappa shape index (κ1) is 26.3. The first-order chi connectivity index (χ1) is 18.3. The average molecular weight is 533 g/mol. The normalized spacial score (nSPS) is 26.3. The number of aromatic hydroxyl groups is 1. The van der Waals surface area contributed by atoms with Crippen molar-refractivity contribution in [2.24, 2.45) is 17.6 Å². The number of hydrogen-bond donors (Lipinski definition) is 5. The highest BCUT2D eigenvalue weighted by Gasteiger charge is 2.63. The Bertz CT molecular complexity index is 1550. The van der Waals surface area contributed by atoms with Crippen LogP contribution >= 0.6 is 0 Å². The fraction of sp³-hybridized carbons (Fsp3) is 0.310. The third-order valence-corrected chi connectivity index (χ3v) is 8.19. The first-order valence-corrected chi connectivity index (χ1v) is 12.4. The summed E-state index contributed by atoms with van der Waals surface area (Å²) in [6.45, 7) is 1.44. The number of carbonyl (C=O) groups excluding carboxylic acids is 4. The van der Waals surface area contributed by atoms with E-state index in [1.807, 2.05) is 0 Å². The van der Waals surface area contributed by atoms with E-state index >= 15 is 0 Å². The highest BCUT2D eigenvalue weighted by atomic mass is 16.3.